The van der Waals surface area contributed by atoms with Crippen molar-refractivity contribution in [2.75, 3.05) is 27.3 Å². The Labute approximate surface area is 96.8 Å². The van der Waals surface area contributed by atoms with Crippen molar-refractivity contribution in [1.29, 1.82) is 0 Å². The van der Waals surface area contributed by atoms with Crippen LogP contribution in [0, 0.1) is 5.92 Å². The van der Waals surface area contributed by atoms with Crippen molar-refractivity contribution in [1.82, 2.24) is 10.2 Å². The van der Waals surface area contributed by atoms with Gasteiger partial charge in [-0.2, -0.15) is 0 Å². The first-order valence-electron chi connectivity index (χ1n) is 5.73. The second-order valence-corrected chi connectivity index (χ2v) is 4.59. The van der Waals surface area contributed by atoms with Crippen molar-refractivity contribution in [3.63, 3.8) is 0 Å². The standard InChI is InChI=1S/C11H22N2O3/c1-8(7-16-3)12-11(15)13(2)6-10(14)9-4-5-9/h8-10,14H,4-7H2,1-3H3,(H,12,15)/t8-,10+/m1/s1. The van der Waals surface area contributed by atoms with Crippen LogP contribution in [-0.4, -0.2) is 55.5 Å². The molecule has 0 spiro atoms. The Bertz CT molecular complexity index is 231. The number of hydrogen-bond acceptors (Lipinski definition) is 3. The molecule has 0 aromatic rings. The average molecular weight is 230 g/mol. The second kappa shape index (κ2) is 6.06. The number of aliphatic hydroxyl groups is 1. The maximum Gasteiger partial charge on any atom is 0.317 e. The predicted molar refractivity (Wildman–Crippen MR) is 61.2 cm³/mol. The van der Waals surface area contributed by atoms with Gasteiger partial charge in [0.25, 0.3) is 0 Å². The number of carbonyl (C=O) groups is 1. The lowest BCUT2D eigenvalue weighted by atomic mass is 10.2. The molecule has 0 heterocycles. The molecule has 94 valence electrons. The van der Waals surface area contributed by atoms with E-state index < -0.39 is 0 Å². The molecule has 0 aliphatic heterocycles. The summed E-state index contributed by atoms with van der Waals surface area (Å²) in [5, 5.41) is 12.5. The largest absolute Gasteiger partial charge is 0.391 e. The first-order valence-corrected chi connectivity index (χ1v) is 5.73. The third-order valence-electron chi connectivity index (χ3n) is 2.76. The van der Waals surface area contributed by atoms with Crippen molar-refractivity contribution in [2.24, 2.45) is 5.92 Å². The number of carbonyl (C=O) groups excluding carboxylic acids is 1. The predicted octanol–water partition coefficient (Wildman–Crippen LogP) is 0.434. The Kier molecular flexibility index (Phi) is 5.02. The molecule has 5 nitrogen and oxygen atoms in total. The number of likely N-dealkylation sites (N-methyl/N-ethyl adjacent to an activating group) is 1. The van der Waals surface area contributed by atoms with Crippen molar-refractivity contribution >= 4 is 6.03 Å². The Hall–Kier alpha value is -0.810. The molecule has 0 aromatic heterocycles. The molecule has 1 rings (SSSR count). The summed E-state index contributed by atoms with van der Waals surface area (Å²) in [4.78, 5) is 13.2. The van der Waals surface area contributed by atoms with Crippen molar-refractivity contribution < 1.29 is 14.6 Å². The topological polar surface area (TPSA) is 61.8 Å². The highest BCUT2D eigenvalue weighted by atomic mass is 16.5. The van der Waals surface area contributed by atoms with E-state index in [0.717, 1.165) is 12.8 Å². The van der Waals surface area contributed by atoms with E-state index in [4.69, 9.17) is 4.74 Å². The first-order chi connectivity index (χ1) is 7.54. The van der Waals surface area contributed by atoms with Gasteiger partial charge in [0.2, 0.25) is 0 Å². The summed E-state index contributed by atoms with van der Waals surface area (Å²) in [6.45, 7) is 2.77. The number of amides is 2. The van der Waals surface area contributed by atoms with Crippen LogP contribution in [0.15, 0.2) is 0 Å². The van der Waals surface area contributed by atoms with Crippen LogP contribution in [0.3, 0.4) is 0 Å². The van der Waals surface area contributed by atoms with Crippen molar-refractivity contribution in [3.8, 4) is 0 Å². The van der Waals surface area contributed by atoms with Crippen molar-refractivity contribution in [2.45, 2.75) is 31.9 Å². The summed E-state index contributed by atoms with van der Waals surface area (Å²) >= 11 is 0. The fraction of sp³-hybridized carbons (Fsp3) is 0.909. The number of rotatable bonds is 6. The third-order valence-corrected chi connectivity index (χ3v) is 2.76. The van der Waals surface area contributed by atoms with Gasteiger partial charge in [0.05, 0.1) is 18.8 Å². The Morgan fingerprint density at radius 3 is 2.75 bits per heavy atom. The minimum atomic E-state index is -0.381. The lowest BCUT2D eigenvalue weighted by molar-refractivity contribution is 0.110. The molecule has 16 heavy (non-hydrogen) atoms. The molecular formula is C11H22N2O3. The van der Waals surface area contributed by atoms with Crippen LogP contribution in [-0.2, 0) is 4.74 Å². The quantitative estimate of drug-likeness (QED) is 0.695. The molecule has 5 heteroatoms. The summed E-state index contributed by atoms with van der Waals surface area (Å²) in [6, 6.07) is -0.178. The van der Waals surface area contributed by atoms with Gasteiger partial charge in [-0.25, -0.2) is 4.79 Å². The van der Waals surface area contributed by atoms with Crippen LogP contribution in [0.1, 0.15) is 19.8 Å². The van der Waals surface area contributed by atoms with E-state index in [-0.39, 0.29) is 18.2 Å². The van der Waals surface area contributed by atoms with Gasteiger partial charge in [0, 0.05) is 20.7 Å². The zero-order valence-electron chi connectivity index (χ0n) is 10.3. The van der Waals surface area contributed by atoms with Gasteiger partial charge in [-0.3, -0.25) is 0 Å². The van der Waals surface area contributed by atoms with Crippen LogP contribution in [0.5, 0.6) is 0 Å². The molecule has 0 unspecified atom stereocenters. The van der Waals surface area contributed by atoms with E-state index in [1.165, 1.54) is 4.90 Å². The molecule has 1 aliphatic rings. The zero-order valence-corrected chi connectivity index (χ0v) is 10.3. The summed E-state index contributed by atoms with van der Waals surface area (Å²) < 4.78 is 4.93. The number of nitrogens with one attached hydrogen (secondary N) is 1. The third kappa shape index (κ3) is 4.37. The highest BCUT2D eigenvalue weighted by Gasteiger charge is 2.31. The van der Waals surface area contributed by atoms with Crippen LogP contribution in [0.25, 0.3) is 0 Å². The van der Waals surface area contributed by atoms with Gasteiger partial charge in [0.15, 0.2) is 0 Å². The van der Waals surface area contributed by atoms with Gasteiger partial charge in [-0.1, -0.05) is 0 Å². The van der Waals surface area contributed by atoms with Crippen LogP contribution >= 0.6 is 0 Å². The number of ether oxygens (including phenoxy) is 1. The van der Waals surface area contributed by atoms with E-state index in [0.29, 0.717) is 19.1 Å². The van der Waals surface area contributed by atoms with Crippen LogP contribution in [0.2, 0.25) is 0 Å². The summed E-state index contributed by atoms with van der Waals surface area (Å²) in [5.74, 6) is 0.395. The lowest BCUT2D eigenvalue weighted by Crippen LogP contribution is -2.46. The first kappa shape index (κ1) is 13.3. The molecule has 1 saturated carbocycles. The van der Waals surface area contributed by atoms with E-state index in [1.54, 1.807) is 14.2 Å². The van der Waals surface area contributed by atoms with Gasteiger partial charge >= 0.3 is 6.03 Å². The Morgan fingerprint density at radius 1 is 1.62 bits per heavy atom. The molecule has 2 atom stereocenters. The normalized spacial score (nSPS) is 19.0. The lowest BCUT2D eigenvalue weighted by Gasteiger charge is -2.23. The summed E-state index contributed by atoms with van der Waals surface area (Å²) in [7, 11) is 3.30. The number of methoxy groups -OCH3 is 1. The van der Waals surface area contributed by atoms with E-state index in [9.17, 15) is 9.90 Å². The molecule has 1 aliphatic carbocycles. The number of hydrogen-bond donors (Lipinski definition) is 2. The maximum absolute atomic E-state index is 11.7. The van der Waals surface area contributed by atoms with E-state index in [1.807, 2.05) is 6.92 Å². The summed E-state index contributed by atoms with van der Waals surface area (Å²) in [6.07, 6.45) is 1.78. The van der Waals surface area contributed by atoms with Crippen LogP contribution in [0.4, 0.5) is 4.79 Å². The SMILES string of the molecule is COC[C@@H](C)NC(=O)N(C)C[C@H](O)C1CC1. The number of nitrogens with zero attached hydrogens (tertiary/aromatic N) is 1. The minimum Gasteiger partial charge on any atom is -0.391 e. The van der Waals surface area contributed by atoms with E-state index in [2.05, 4.69) is 5.32 Å². The van der Waals surface area contributed by atoms with Gasteiger partial charge in [0.1, 0.15) is 0 Å². The molecule has 0 saturated heterocycles. The minimum absolute atomic E-state index is 0.0157. The van der Waals surface area contributed by atoms with Gasteiger partial charge in [-0.05, 0) is 25.7 Å². The maximum atomic E-state index is 11.7. The van der Waals surface area contributed by atoms with E-state index >= 15 is 0 Å². The second-order valence-electron chi connectivity index (χ2n) is 4.59. The van der Waals surface area contributed by atoms with Gasteiger partial charge < -0.3 is 20.1 Å². The monoisotopic (exact) mass is 230 g/mol. The highest BCUT2D eigenvalue weighted by Crippen LogP contribution is 2.32. The molecular weight excluding hydrogens is 208 g/mol. The molecule has 0 radical (unpaired) electrons. The van der Waals surface area contributed by atoms with Crippen molar-refractivity contribution in [3.05, 3.63) is 0 Å². The Morgan fingerprint density at radius 2 is 2.25 bits per heavy atom. The summed E-state index contributed by atoms with van der Waals surface area (Å²) in [5.41, 5.74) is 0. The molecule has 2 amide bonds. The Balaban J connectivity index is 2.23. The fourth-order valence-electron chi connectivity index (χ4n) is 1.61. The number of aliphatic hydroxyl groups excluding tert-OH is 1. The van der Waals surface area contributed by atoms with Gasteiger partial charge in [-0.15, -0.1) is 0 Å². The fourth-order valence-corrected chi connectivity index (χ4v) is 1.61. The molecule has 0 aromatic carbocycles. The van der Waals surface area contributed by atoms with Crippen LogP contribution < -0.4 is 5.32 Å². The zero-order chi connectivity index (χ0) is 12.1. The molecule has 2 N–H and O–H groups in total. The highest BCUT2D eigenvalue weighted by molar-refractivity contribution is 5.74. The molecule has 0 bridgehead atoms. The smallest absolute Gasteiger partial charge is 0.317 e. The number of urea groups is 1. The molecule has 1 fully saturated rings. The average Bonchev–Trinajstić information content (AvgIpc) is 3.00.